The summed E-state index contributed by atoms with van der Waals surface area (Å²) < 4.78 is 18.1. The van der Waals surface area contributed by atoms with E-state index >= 15 is 0 Å². The van der Waals surface area contributed by atoms with Gasteiger partial charge in [0.05, 0.1) is 17.2 Å². The number of nitrogens with one attached hydrogen (secondary N) is 1. The Hall–Kier alpha value is -3.38. The van der Waals surface area contributed by atoms with Crippen molar-refractivity contribution >= 4 is 11.2 Å². The average Bonchev–Trinajstić information content (AvgIpc) is 3.27. The zero-order valence-electron chi connectivity index (χ0n) is 17.3. The average molecular weight is 415 g/mol. The Bertz CT molecular complexity index is 1100. The van der Waals surface area contributed by atoms with E-state index in [9.17, 15) is 0 Å². The molecule has 0 amide bonds. The van der Waals surface area contributed by atoms with Gasteiger partial charge >= 0.3 is 0 Å². The van der Waals surface area contributed by atoms with Gasteiger partial charge in [0.1, 0.15) is 30.5 Å². The summed E-state index contributed by atoms with van der Waals surface area (Å²) in [4.78, 5) is 12.3. The van der Waals surface area contributed by atoms with E-state index in [1.54, 1.807) is 6.20 Å². The molecule has 2 aromatic carbocycles. The molecule has 158 valence electrons. The van der Waals surface area contributed by atoms with Gasteiger partial charge in [-0.1, -0.05) is 30.3 Å². The highest BCUT2D eigenvalue weighted by atomic mass is 16.5. The maximum absolute atomic E-state index is 6.23. The fraction of sp³-hybridized carbons (Fsp3) is 0.280. The Balaban J connectivity index is 1.40. The highest BCUT2D eigenvalue weighted by Crippen LogP contribution is 2.33. The number of hydrogen-bond donors (Lipinski definition) is 1. The van der Waals surface area contributed by atoms with Crippen LogP contribution in [0.4, 0.5) is 0 Å². The molecule has 1 unspecified atom stereocenters. The number of pyridine rings is 1. The van der Waals surface area contributed by atoms with E-state index in [1.165, 1.54) is 6.42 Å². The molecule has 3 heterocycles. The van der Waals surface area contributed by atoms with Crippen LogP contribution in [0.5, 0.6) is 11.5 Å². The van der Waals surface area contributed by atoms with Crippen molar-refractivity contribution in [2.75, 3.05) is 13.2 Å². The van der Waals surface area contributed by atoms with Gasteiger partial charge in [-0.05, 0) is 49.1 Å². The molecule has 31 heavy (non-hydrogen) atoms. The molecule has 1 N–H and O–H groups in total. The van der Waals surface area contributed by atoms with Crippen molar-refractivity contribution < 1.29 is 14.2 Å². The van der Waals surface area contributed by atoms with Crippen LogP contribution in [0, 0.1) is 0 Å². The van der Waals surface area contributed by atoms with E-state index in [0.717, 1.165) is 53.4 Å². The quantitative estimate of drug-likeness (QED) is 0.452. The van der Waals surface area contributed by atoms with E-state index < -0.39 is 0 Å². The van der Waals surface area contributed by atoms with Crippen LogP contribution in [0.2, 0.25) is 0 Å². The van der Waals surface area contributed by atoms with Gasteiger partial charge in [-0.3, -0.25) is 0 Å². The first-order valence-electron chi connectivity index (χ1n) is 10.7. The smallest absolute Gasteiger partial charge is 0.178 e. The van der Waals surface area contributed by atoms with E-state index in [0.29, 0.717) is 18.9 Å². The van der Waals surface area contributed by atoms with Gasteiger partial charge in [-0.2, -0.15) is 0 Å². The van der Waals surface area contributed by atoms with Crippen LogP contribution in [-0.2, 0) is 11.3 Å². The van der Waals surface area contributed by atoms with Crippen molar-refractivity contribution in [3.63, 3.8) is 0 Å². The second kappa shape index (κ2) is 9.18. The minimum absolute atomic E-state index is 0.118. The Kier molecular flexibility index (Phi) is 5.80. The van der Waals surface area contributed by atoms with E-state index in [1.807, 2.05) is 60.7 Å². The maximum Gasteiger partial charge on any atom is 0.178 e. The van der Waals surface area contributed by atoms with E-state index in [-0.39, 0.29) is 6.10 Å². The van der Waals surface area contributed by atoms with Crippen molar-refractivity contribution in [2.45, 2.75) is 32.0 Å². The minimum atomic E-state index is 0.118. The van der Waals surface area contributed by atoms with Crippen LogP contribution in [0.1, 0.15) is 24.8 Å². The molecule has 1 fully saturated rings. The fourth-order valence-electron chi connectivity index (χ4n) is 3.74. The number of hydrogen-bond acceptors (Lipinski definition) is 5. The number of H-pyrrole nitrogens is 1. The number of benzene rings is 2. The Morgan fingerprint density at radius 1 is 1.00 bits per heavy atom. The van der Waals surface area contributed by atoms with Crippen LogP contribution >= 0.6 is 0 Å². The molecule has 6 nitrogen and oxygen atoms in total. The number of aromatic amines is 1. The molecule has 1 aliphatic heterocycles. The molecule has 1 saturated heterocycles. The van der Waals surface area contributed by atoms with Gasteiger partial charge in [-0.25, -0.2) is 9.97 Å². The van der Waals surface area contributed by atoms with Crippen molar-refractivity contribution in [1.29, 1.82) is 0 Å². The number of aromatic nitrogens is 3. The summed E-state index contributed by atoms with van der Waals surface area (Å²) in [5.41, 5.74) is 3.57. The lowest BCUT2D eigenvalue weighted by Crippen LogP contribution is -2.25. The number of fused-ring (bicyclic) bond motifs is 1. The molecular weight excluding hydrogens is 390 g/mol. The topological polar surface area (TPSA) is 69.3 Å². The summed E-state index contributed by atoms with van der Waals surface area (Å²) in [6.45, 7) is 1.81. The van der Waals surface area contributed by atoms with E-state index in [4.69, 9.17) is 14.2 Å². The largest absolute Gasteiger partial charge is 0.490 e. The van der Waals surface area contributed by atoms with Gasteiger partial charge in [0.25, 0.3) is 0 Å². The highest BCUT2D eigenvalue weighted by Gasteiger charge is 2.18. The summed E-state index contributed by atoms with van der Waals surface area (Å²) in [6, 6.07) is 19.8. The molecule has 0 radical (unpaired) electrons. The molecular formula is C25H25N3O3. The van der Waals surface area contributed by atoms with Crippen LogP contribution in [0.3, 0.4) is 0 Å². The molecule has 0 saturated carbocycles. The van der Waals surface area contributed by atoms with Crippen molar-refractivity contribution in [1.82, 2.24) is 15.0 Å². The molecule has 0 aliphatic carbocycles. The summed E-state index contributed by atoms with van der Waals surface area (Å²) in [5.74, 6) is 2.20. The lowest BCUT2D eigenvalue weighted by atomic mass is 10.1. The monoisotopic (exact) mass is 415 g/mol. The summed E-state index contributed by atoms with van der Waals surface area (Å²) >= 11 is 0. The van der Waals surface area contributed by atoms with Crippen LogP contribution < -0.4 is 9.47 Å². The minimum Gasteiger partial charge on any atom is -0.490 e. The summed E-state index contributed by atoms with van der Waals surface area (Å²) in [6.07, 6.45) is 5.18. The number of imidazole rings is 1. The third kappa shape index (κ3) is 4.70. The van der Waals surface area contributed by atoms with Gasteiger partial charge in [0, 0.05) is 18.9 Å². The zero-order chi connectivity index (χ0) is 20.9. The van der Waals surface area contributed by atoms with Crippen LogP contribution in [-0.4, -0.2) is 34.3 Å². The lowest BCUT2D eigenvalue weighted by molar-refractivity contribution is -0.0110. The molecule has 1 aliphatic rings. The SMILES string of the molecule is c1ccc(COc2ccc(-c3nc4ncccc4[nH]3)c(OCC3CCCCO3)c2)cc1. The highest BCUT2D eigenvalue weighted by molar-refractivity contribution is 5.77. The van der Waals surface area contributed by atoms with Crippen molar-refractivity contribution in [3.8, 4) is 22.9 Å². The molecule has 0 spiro atoms. The van der Waals surface area contributed by atoms with Crippen molar-refractivity contribution in [3.05, 3.63) is 72.4 Å². The maximum atomic E-state index is 6.23. The van der Waals surface area contributed by atoms with Gasteiger partial charge in [-0.15, -0.1) is 0 Å². The molecule has 6 heteroatoms. The third-order valence-corrected chi connectivity index (χ3v) is 5.41. The Labute approximate surface area is 181 Å². The Morgan fingerprint density at radius 3 is 2.77 bits per heavy atom. The zero-order valence-corrected chi connectivity index (χ0v) is 17.3. The van der Waals surface area contributed by atoms with Crippen LogP contribution in [0.25, 0.3) is 22.6 Å². The molecule has 0 bridgehead atoms. The van der Waals surface area contributed by atoms with Crippen molar-refractivity contribution in [2.24, 2.45) is 0 Å². The molecule has 5 rings (SSSR count). The second-order valence-electron chi connectivity index (χ2n) is 7.69. The number of rotatable bonds is 7. The molecule has 2 aromatic heterocycles. The number of ether oxygens (including phenoxy) is 3. The lowest BCUT2D eigenvalue weighted by Gasteiger charge is -2.23. The first kappa shape index (κ1) is 19.6. The predicted molar refractivity (Wildman–Crippen MR) is 119 cm³/mol. The molecule has 1 atom stereocenters. The normalized spacial score (nSPS) is 16.3. The van der Waals surface area contributed by atoms with Gasteiger partial charge in [0.15, 0.2) is 5.65 Å². The third-order valence-electron chi connectivity index (χ3n) is 5.41. The predicted octanol–water partition coefficient (Wildman–Crippen LogP) is 5.15. The summed E-state index contributed by atoms with van der Waals surface area (Å²) in [7, 11) is 0. The van der Waals surface area contributed by atoms with E-state index in [2.05, 4.69) is 15.0 Å². The van der Waals surface area contributed by atoms with Crippen LogP contribution in [0.15, 0.2) is 66.9 Å². The first-order valence-corrected chi connectivity index (χ1v) is 10.7. The van der Waals surface area contributed by atoms with Gasteiger partial charge in [0.2, 0.25) is 0 Å². The second-order valence-corrected chi connectivity index (χ2v) is 7.69. The summed E-state index contributed by atoms with van der Waals surface area (Å²) in [5, 5.41) is 0. The van der Waals surface area contributed by atoms with Gasteiger partial charge < -0.3 is 19.2 Å². The standard InChI is InChI=1S/C25H25N3O3/c1-2-7-18(8-3-1)16-30-19-11-12-21(24-27-22-10-6-13-26-25(22)28-24)23(15-19)31-17-20-9-4-5-14-29-20/h1-3,6-8,10-13,15,20H,4-5,9,14,16-17H2,(H,26,27,28). The first-order chi connectivity index (χ1) is 15.3. The fourth-order valence-corrected chi connectivity index (χ4v) is 3.74. The number of nitrogens with zero attached hydrogens (tertiary/aromatic N) is 2. The Morgan fingerprint density at radius 2 is 1.94 bits per heavy atom. The molecule has 4 aromatic rings.